The van der Waals surface area contributed by atoms with Gasteiger partial charge in [-0.25, -0.2) is 0 Å². The first-order chi connectivity index (χ1) is 24.1. The Labute approximate surface area is 306 Å². The van der Waals surface area contributed by atoms with Crippen LogP contribution in [0.5, 0.6) is 0 Å². The van der Waals surface area contributed by atoms with E-state index in [1.54, 1.807) is 0 Å². The van der Waals surface area contributed by atoms with E-state index in [0.29, 0.717) is 0 Å². The predicted molar refractivity (Wildman–Crippen MR) is 207 cm³/mol. The zero-order chi connectivity index (χ0) is 33.0. The fourth-order valence-corrected chi connectivity index (χ4v) is 8.90. The SMILES string of the molecule is O=P(c1[c-]cc2ccccc2c1)(c1ccc2ccccc2c1)c1ccc2ccccc2c1.[Ir+3].[c-]1ccccc1N1C=CN(c2ccccc2)[CH-]1. The van der Waals surface area contributed by atoms with Gasteiger partial charge in [-0.2, -0.15) is 48.5 Å². The summed E-state index contributed by atoms with van der Waals surface area (Å²) in [5.41, 5.74) is 2.20. The molecule has 3 nitrogen and oxygen atoms in total. The summed E-state index contributed by atoms with van der Waals surface area (Å²) in [7, 11) is -3.15. The maximum absolute atomic E-state index is 15.1. The van der Waals surface area contributed by atoms with Crippen molar-refractivity contribution in [1.29, 1.82) is 0 Å². The molecule has 0 aromatic heterocycles. The minimum absolute atomic E-state index is 0. The molecule has 5 heteroatoms. The molecular formula is C45H32IrN2OP. The van der Waals surface area contributed by atoms with Crippen LogP contribution in [0.4, 0.5) is 11.4 Å². The average Bonchev–Trinajstić information content (AvgIpc) is 3.69. The van der Waals surface area contributed by atoms with Crippen molar-refractivity contribution in [2.75, 3.05) is 9.80 Å². The normalized spacial score (nSPS) is 12.5. The number of para-hydroxylation sites is 2. The van der Waals surface area contributed by atoms with Crippen LogP contribution in [0.25, 0.3) is 32.3 Å². The fourth-order valence-electron chi connectivity index (χ4n) is 6.26. The van der Waals surface area contributed by atoms with Crippen molar-refractivity contribution in [1.82, 2.24) is 0 Å². The van der Waals surface area contributed by atoms with Crippen LogP contribution in [-0.4, -0.2) is 0 Å². The van der Waals surface area contributed by atoms with Crippen LogP contribution in [0.1, 0.15) is 0 Å². The van der Waals surface area contributed by atoms with Gasteiger partial charge in [0.2, 0.25) is 0 Å². The third-order valence-corrected chi connectivity index (χ3v) is 11.8. The van der Waals surface area contributed by atoms with E-state index >= 15 is 4.57 Å². The molecule has 0 fully saturated rings. The Bertz CT molecular complexity index is 2240. The molecule has 242 valence electrons. The Morgan fingerprint density at radius 3 is 1.60 bits per heavy atom. The molecule has 1 aliphatic rings. The fraction of sp³-hybridized carbons (Fsp3) is 0. The molecule has 0 N–H and O–H groups in total. The first-order valence-electron chi connectivity index (χ1n) is 16.3. The Hall–Kier alpha value is -5.24. The number of nitrogens with zero attached hydrogens (tertiary/aromatic N) is 2. The van der Waals surface area contributed by atoms with E-state index in [0.717, 1.165) is 59.6 Å². The average molecular weight is 840 g/mol. The summed E-state index contributed by atoms with van der Waals surface area (Å²) < 4.78 is 15.1. The van der Waals surface area contributed by atoms with Crippen LogP contribution in [-0.2, 0) is 24.7 Å². The molecule has 0 radical (unpaired) electrons. The predicted octanol–water partition coefficient (Wildman–Crippen LogP) is 9.99. The molecule has 0 bridgehead atoms. The van der Waals surface area contributed by atoms with Gasteiger partial charge in [0.1, 0.15) is 7.14 Å². The van der Waals surface area contributed by atoms with Crippen molar-refractivity contribution < 1.29 is 24.7 Å². The van der Waals surface area contributed by atoms with E-state index in [2.05, 4.69) is 89.8 Å². The first-order valence-corrected chi connectivity index (χ1v) is 18.0. The van der Waals surface area contributed by atoms with Crippen LogP contribution in [0.3, 0.4) is 0 Å². The van der Waals surface area contributed by atoms with E-state index in [9.17, 15) is 0 Å². The molecule has 1 heterocycles. The topological polar surface area (TPSA) is 23.6 Å². The summed E-state index contributed by atoms with van der Waals surface area (Å²) in [4.78, 5) is 4.13. The van der Waals surface area contributed by atoms with Crippen molar-refractivity contribution in [2.24, 2.45) is 0 Å². The Kier molecular flexibility index (Phi) is 9.78. The number of hydrogen-bond acceptors (Lipinski definition) is 3. The van der Waals surface area contributed by atoms with Gasteiger partial charge in [0.15, 0.2) is 0 Å². The molecule has 0 saturated carbocycles. The van der Waals surface area contributed by atoms with Crippen LogP contribution in [0, 0.1) is 18.8 Å². The number of rotatable bonds is 5. The molecule has 0 amide bonds. The Morgan fingerprint density at radius 1 is 0.480 bits per heavy atom. The molecule has 8 aromatic rings. The van der Waals surface area contributed by atoms with Gasteiger partial charge in [-0.15, -0.1) is 29.2 Å². The second-order valence-corrected chi connectivity index (χ2v) is 14.7. The summed E-state index contributed by atoms with van der Waals surface area (Å²) >= 11 is 0. The zero-order valence-corrected chi connectivity index (χ0v) is 30.3. The van der Waals surface area contributed by atoms with Gasteiger partial charge >= 0.3 is 20.1 Å². The molecule has 0 unspecified atom stereocenters. The van der Waals surface area contributed by atoms with E-state index in [1.807, 2.05) is 127 Å². The van der Waals surface area contributed by atoms with Gasteiger partial charge in [0, 0.05) is 16.3 Å². The molecule has 0 atom stereocenters. The van der Waals surface area contributed by atoms with E-state index in [-0.39, 0.29) is 20.1 Å². The third kappa shape index (κ3) is 6.67. The summed E-state index contributed by atoms with van der Waals surface area (Å²) in [6.45, 7) is 2.04. The Balaban J connectivity index is 0.000000184. The van der Waals surface area contributed by atoms with E-state index in [1.165, 1.54) is 0 Å². The monoisotopic (exact) mass is 840 g/mol. The molecule has 50 heavy (non-hydrogen) atoms. The van der Waals surface area contributed by atoms with Crippen LogP contribution in [0.15, 0.2) is 188 Å². The van der Waals surface area contributed by atoms with Crippen molar-refractivity contribution in [2.45, 2.75) is 0 Å². The molecule has 8 aromatic carbocycles. The maximum atomic E-state index is 15.1. The minimum atomic E-state index is -3.15. The van der Waals surface area contributed by atoms with Crippen LogP contribution >= 0.6 is 7.14 Å². The number of hydrogen-bond donors (Lipinski definition) is 0. The smallest absolute Gasteiger partial charge is 0.500 e. The van der Waals surface area contributed by atoms with Crippen molar-refractivity contribution >= 4 is 66.7 Å². The number of benzene rings is 8. The zero-order valence-electron chi connectivity index (χ0n) is 27.1. The summed E-state index contributed by atoms with van der Waals surface area (Å²) in [5.74, 6) is 0. The second kappa shape index (κ2) is 14.7. The van der Waals surface area contributed by atoms with Gasteiger partial charge in [-0.3, -0.25) is 0 Å². The molecule has 0 aliphatic carbocycles. The molecule has 0 saturated heterocycles. The van der Waals surface area contributed by atoms with Gasteiger partial charge in [0.25, 0.3) is 0 Å². The maximum Gasteiger partial charge on any atom is 3.00 e. The van der Waals surface area contributed by atoms with E-state index in [4.69, 9.17) is 0 Å². The van der Waals surface area contributed by atoms with Gasteiger partial charge in [-0.05, 0) is 58.2 Å². The molecular weight excluding hydrogens is 808 g/mol. The third-order valence-electron chi connectivity index (χ3n) is 8.86. The largest absolute Gasteiger partial charge is 3.00 e. The van der Waals surface area contributed by atoms with Crippen LogP contribution < -0.4 is 25.7 Å². The summed E-state index contributed by atoms with van der Waals surface area (Å²) in [6, 6.07) is 65.7. The quantitative estimate of drug-likeness (QED) is 0.127. The molecule has 0 spiro atoms. The number of fused-ring (bicyclic) bond motifs is 3. The molecule has 9 rings (SSSR count). The summed E-state index contributed by atoms with van der Waals surface area (Å²) in [5, 5.41) is 9.03. The molecule has 1 aliphatic heterocycles. The van der Waals surface area contributed by atoms with Crippen molar-refractivity contribution in [3.8, 4) is 0 Å². The van der Waals surface area contributed by atoms with Gasteiger partial charge in [-0.1, -0.05) is 114 Å². The van der Waals surface area contributed by atoms with Crippen molar-refractivity contribution in [3.63, 3.8) is 0 Å². The van der Waals surface area contributed by atoms with E-state index < -0.39 is 7.14 Å². The standard InChI is InChI=1S/C30H20OP.C15H12N2.Ir/c31-32(28-16-13-22-7-1-4-10-25(22)19-28,29-17-14-23-8-2-5-11-26(23)20-29)30-18-15-24-9-3-6-12-27(24)21-30;1-3-7-14(8-4-1)16-11-12-17(13-16)15-9-5-2-6-10-15;/h1-17,19-21H;1-9,11-13H;/q-1;-2;+3. The minimum Gasteiger partial charge on any atom is -0.500 e. The summed E-state index contributed by atoms with van der Waals surface area (Å²) in [6.07, 6.45) is 4.06. The van der Waals surface area contributed by atoms with Gasteiger partial charge in [0.05, 0.1) is 0 Å². The Morgan fingerprint density at radius 2 is 1.00 bits per heavy atom. The van der Waals surface area contributed by atoms with Gasteiger partial charge < -0.3 is 14.4 Å². The second-order valence-electron chi connectivity index (χ2n) is 11.9. The number of anilines is 2. The van der Waals surface area contributed by atoms with Crippen molar-refractivity contribution in [3.05, 3.63) is 207 Å². The first kappa shape index (κ1) is 33.3. The van der Waals surface area contributed by atoms with Crippen LogP contribution in [0.2, 0.25) is 0 Å².